The van der Waals surface area contributed by atoms with Crippen LogP contribution < -0.4 is 33.2 Å². The van der Waals surface area contributed by atoms with Crippen LogP contribution in [-0.2, 0) is 87.1 Å². The maximum absolute atomic E-state index is 5.30. The van der Waals surface area contributed by atoms with Crippen molar-refractivity contribution in [3.63, 3.8) is 0 Å². The van der Waals surface area contributed by atoms with Crippen molar-refractivity contribution >= 4 is 117 Å². The summed E-state index contributed by atoms with van der Waals surface area (Å²) < 4.78 is 0.841. The first-order valence-electron chi connectivity index (χ1n) is 5.98. The van der Waals surface area contributed by atoms with Gasteiger partial charge >= 0.3 is 36.5 Å². The fourth-order valence-electron chi connectivity index (χ4n) is 0.978. The van der Waals surface area contributed by atoms with Gasteiger partial charge in [-0.1, -0.05) is 0 Å². The SMILES string of the molecule is NCCN(NC(=S)[S-])NC(=S)[S-].NCCN(NC(=S)[S-])NC(=S)[S-].[Mn+2].[Zn+2]. The quantitative estimate of drug-likeness (QED) is 0.0787. The molecular weight excluding hydrogens is 585 g/mol. The van der Waals surface area contributed by atoms with Crippen molar-refractivity contribution in [3.05, 3.63) is 0 Å². The van der Waals surface area contributed by atoms with E-state index in [0.717, 1.165) is 0 Å². The fourth-order valence-corrected chi connectivity index (χ4v) is 1.86. The van der Waals surface area contributed by atoms with Gasteiger partial charge in [0.05, 0.1) is 13.1 Å². The summed E-state index contributed by atoms with van der Waals surface area (Å²) in [5.74, 6) is 0. The van der Waals surface area contributed by atoms with Crippen LogP contribution in [0.4, 0.5) is 0 Å². The molecule has 8 N–H and O–H groups in total. The molecule has 0 saturated heterocycles. The van der Waals surface area contributed by atoms with Crippen molar-refractivity contribution in [3.8, 4) is 0 Å². The van der Waals surface area contributed by atoms with Gasteiger partial charge in [-0.05, 0) is 17.3 Å². The molecule has 0 unspecified atom stereocenters. The minimum atomic E-state index is 0. The Hall–Kier alpha value is 1.42. The molecule has 0 amide bonds. The van der Waals surface area contributed by atoms with E-state index in [0.29, 0.717) is 26.2 Å². The fraction of sp³-hybridized carbons (Fsp3) is 0.500. The van der Waals surface area contributed by atoms with E-state index in [1.807, 2.05) is 0 Å². The zero-order chi connectivity index (χ0) is 19.1. The number of hydrogen-bond acceptors (Lipinski definition) is 12. The largest absolute Gasteiger partial charge is 2.00 e. The van der Waals surface area contributed by atoms with E-state index in [1.165, 1.54) is 10.2 Å². The third kappa shape index (κ3) is 27.6. The maximum Gasteiger partial charge on any atom is 2.00 e. The normalized spacial score (nSPS) is 8.77. The number of hydrazine groups is 4. The Morgan fingerprint density at radius 2 is 0.846 bits per heavy atom. The predicted octanol–water partition coefficient (Wildman–Crippen LogP) is -2.17. The second-order valence-corrected chi connectivity index (χ2v) is 7.78. The minimum absolute atomic E-state index is 0. The van der Waals surface area contributed by atoms with E-state index in [9.17, 15) is 0 Å². The number of nitrogens with two attached hydrogens (primary N) is 2. The molecule has 0 atom stereocenters. The Kier molecular flexibility index (Phi) is 30.5. The van der Waals surface area contributed by atoms with Gasteiger partial charge in [-0.25, -0.2) is 0 Å². The first-order chi connectivity index (χ1) is 11.1. The van der Waals surface area contributed by atoms with Crippen LogP contribution >= 0.6 is 48.9 Å². The van der Waals surface area contributed by atoms with Crippen molar-refractivity contribution in [1.29, 1.82) is 0 Å². The Morgan fingerprint density at radius 1 is 0.654 bits per heavy atom. The summed E-state index contributed by atoms with van der Waals surface area (Å²) in [4.78, 5) is 0. The Balaban J connectivity index is -0.000000173. The van der Waals surface area contributed by atoms with Crippen LogP contribution in [0.15, 0.2) is 0 Å². The van der Waals surface area contributed by atoms with Gasteiger partial charge in [0, 0.05) is 13.1 Å². The molecule has 0 aromatic carbocycles. The molecule has 0 aliphatic carbocycles. The molecule has 0 bridgehead atoms. The smallest absolute Gasteiger partial charge is 0.410 e. The van der Waals surface area contributed by atoms with Crippen LogP contribution in [0.25, 0.3) is 0 Å². The summed E-state index contributed by atoms with van der Waals surface area (Å²) in [6, 6.07) is 0. The molecule has 0 aliphatic heterocycles. The zero-order valence-corrected chi connectivity index (χ0v) is 23.9. The van der Waals surface area contributed by atoms with Gasteiger partial charge in [0.15, 0.2) is 0 Å². The molecule has 0 aromatic rings. The first kappa shape index (κ1) is 34.9. The van der Waals surface area contributed by atoms with Crippen LogP contribution in [0.3, 0.4) is 0 Å². The summed E-state index contributed by atoms with van der Waals surface area (Å²) >= 11 is 37.1. The third-order valence-corrected chi connectivity index (χ3v) is 2.34. The Labute approximate surface area is 220 Å². The second kappa shape index (κ2) is 22.7. The first-order valence-corrected chi connectivity index (χ1v) is 9.24. The van der Waals surface area contributed by atoms with E-state index in [1.54, 1.807) is 0 Å². The van der Waals surface area contributed by atoms with Crippen molar-refractivity contribution in [2.24, 2.45) is 11.5 Å². The number of hydrogen-bond donors (Lipinski definition) is 6. The molecule has 0 aromatic heterocycles. The zero-order valence-electron chi connectivity index (χ0n) is 13.2. The van der Waals surface area contributed by atoms with E-state index in [-0.39, 0.29) is 53.8 Å². The van der Waals surface area contributed by atoms with Crippen LogP contribution in [-0.4, -0.2) is 53.7 Å². The average molecular weight is 601 g/mol. The molecule has 0 heterocycles. The molecule has 0 rings (SSSR count). The minimum Gasteiger partial charge on any atom is -0.410 e. The van der Waals surface area contributed by atoms with Crippen LogP contribution in [0, 0.1) is 0 Å². The molecule has 0 fully saturated rings. The summed E-state index contributed by atoms with van der Waals surface area (Å²) in [5.41, 5.74) is 21.2. The van der Waals surface area contributed by atoms with Gasteiger partial charge in [0.1, 0.15) is 0 Å². The molecule has 0 aliphatic rings. The van der Waals surface area contributed by atoms with Crippen LogP contribution in [0.5, 0.6) is 0 Å². The van der Waals surface area contributed by atoms with Gasteiger partial charge in [-0.15, -0.1) is 10.2 Å². The molecule has 0 spiro atoms. The molecule has 26 heavy (non-hydrogen) atoms. The Bertz CT molecular complexity index is 363. The summed E-state index contributed by atoms with van der Waals surface area (Å²) in [7, 11) is 0. The van der Waals surface area contributed by atoms with Crippen molar-refractivity contribution in [2.75, 3.05) is 26.2 Å². The standard InChI is InChI=1S/2C4H10N4S4.Mn.Zn/c2*5-1-2-8(6-3(9)10)7-4(11)12;;/h2*1-2,5H2,(H2,6,9,10)(H2,7,11,12);;/q;;2*+2/p-4. The molecule has 0 saturated carbocycles. The van der Waals surface area contributed by atoms with Gasteiger partial charge < -0.3 is 133 Å². The Morgan fingerprint density at radius 3 is 0.962 bits per heavy atom. The summed E-state index contributed by atoms with van der Waals surface area (Å²) in [6.07, 6.45) is 0. The van der Waals surface area contributed by atoms with Gasteiger partial charge in [-0.3, -0.25) is 0 Å². The molecule has 8 nitrogen and oxygen atoms in total. The van der Waals surface area contributed by atoms with E-state index in [4.69, 9.17) is 11.5 Å². The van der Waals surface area contributed by atoms with Gasteiger partial charge in [0.25, 0.3) is 0 Å². The van der Waals surface area contributed by atoms with Gasteiger partial charge in [-0.2, -0.15) is 0 Å². The summed E-state index contributed by atoms with van der Waals surface area (Å²) in [5, 5.41) is 2.93. The second-order valence-electron chi connectivity index (χ2n) is 3.48. The molecule has 145 valence electrons. The van der Waals surface area contributed by atoms with E-state index < -0.39 is 0 Å². The number of rotatable bonds is 8. The average Bonchev–Trinajstić information content (AvgIpc) is 2.36. The van der Waals surface area contributed by atoms with Crippen molar-refractivity contribution < 1.29 is 36.5 Å². The topological polar surface area (TPSA) is 107 Å². The number of nitrogens with one attached hydrogen (secondary N) is 4. The maximum atomic E-state index is 5.30. The molecule has 1 radical (unpaired) electrons. The van der Waals surface area contributed by atoms with Crippen molar-refractivity contribution in [1.82, 2.24) is 31.9 Å². The van der Waals surface area contributed by atoms with E-state index >= 15 is 0 Å². The number of thiocarbonyl (C=S) groups is 4. The number of nitrogens with zero attached hydrogens (tertiary/aromatic N) is 2. The third-order valence-electron chi connectivity index (χ3n) is 1.61. The van der Waals surface area contributed by atoms with E-state index in [2.05, 4.69) is 121 Å². The monoisotopic (exact) mass is 599 g/mol. The molecule has 18 heteroatoms. The van der Waals surface area contributed by atoms with Crippen LogP contribution in [0.2, 0.25) is 0 Å². The van der Waals surface area contributed by atoms with Crippen LogP contribution in [0.1, 0.15) is 0 Å². The van der Waals surface area contributed by atoms with Crippen molar-refractivity contribution in [2.45, 2.75) is 0 Å². The molecular formula is C8H16MnN8S8Zn. The summed E-state index contributed by atoms with van der Waals surface area (Å²) in [6.45, 7) is 1.90. The predicted molar refractivity (Wildman–Crippen MR) is 124 cm³/mol. The van der Waals surface area contributed by atoms with Gasteiger partial charge in [0.2, 0.25) is 0 Å².